The lowest BCUT2D eigenvalue weighted by molar-refractivity contribution is -0.139. The number of hydrogen-bond acceptors (Lipinski definition) is 4. The smallest absolute Gasteiger partial charge is 0.238 e. The van der Waals surface area contributed by atoms with E-state index in [2.05, 4.69) is 0 Å². The number of piperidine rings is 1. The number of carbonyl (C=O) groups is 1. The average molecular weight is 308 g/mol. The summed E-state index contributed by atoms with van der Waals surface area (Å²) < 4.78 is 28.5. The van der Waals surface area contributed by atoms with Gasteiger partial charge in [-0.1, -0.05) is 0 Å². The van der Waals surface area contributed by atoms with Crippen LogP contribution < -0.4 is 9.88 Å². The van der Waals surface area contributed by atoms with E-state index in [0.717, 1.165) is 12.8 Å². The van der Waals surface area contributed by atoms with Gasteiger partial charge >= 0.3 is 0 Å². The Morgan fingerprint density at radius 2 is 2.10 bits per heavy atom. The monoisotopic (exact) mass is 308 g/mol. The number of rotatable bonds is 2. The number of fused-ring (bicyclic) bond motifs is 1. The third-order valence-electron chi connectivity index (χ3n) is 3.67. The van der Waals surface area contributed by atoms with Gasteiger partial charge in [0.1, 0.15) is 5.75 Å². The molecule has 0 spiro atoms. The van der Waals surface area contributed by atoms with Gasteiger partial charge in [-0.05, 0) is 43.2 Å². The fourth-order valence-corrected chi connectivity index (χ4v) is 3.11. The van der Waals surface area contributed by atoms with Crippen LogP contribution in [-0.2, 0) is 14.8 Å². The van der Waals surface area contributed by atoms with Gasteiger partial charge in [0.05, 0.1) is 4.90 Å². The average Bonchev–Trinajstić information content (AvgIpc) is 2.46. The zero-order valence-corrected chi connectivity index (χ0v) is 12.2. The molecule has 1 aromatic rings. The molecule has 2 aliphatic rings. The number of primary sulfonamides is 1. The van der Waals surface area contributed by atoms with E-state index in [1.54, 1.807) is 23.1 Å². The number of likely N-dealkylation sites (tertiary alicyclic amines) is 1. The Balaban J connectivity index is 1.86. The standard InChI is InChI=1S/C14H16N2O4S/c15-21(18,19)11-5-6-12-10(9-11)4-7-14(20-12)16-8-2-1-3-13(16)17/h4-7,9,14H,1-3,8H2,(H2,15,18,19). The first-order valence-corrected chi connectivity index (χ1v) is 8.31. The summed E-state index contributed by atoms with van der Waals surface area (Å²) in [5, 5.41) is 5.11. The Hall–Kier alpha value is -1.86. The van der Waals surface area contributed by atoms with Crippen molar-refractivity contribution >= 4 is 22.0 Å². The summed E-state index contributed by atoms with van der Waals surface area (Å²) in [5.74, 6) is 0.633. The van der Waals surface area contributed by atoms with Gasteiger partial charge in [0.15, 0.2) is 6.23 Å². The Morgan fingerprint density at radius 1 is 1.29 bits per heavy atom. The van der Waals surface area contributed by atoms with Gasteiger partial charge in [0.25, 0.3) is 0 Å². The van der Waals surface area contributed by atoms with Crippen LogP contribution in [0, 0.1) is 0 Å². The lowest BCUT2D eigenvalue weighted by Crippen LogP contribution is -2.45. The molecule has 0 aromatic heterocycles. The maximum Gasteiger partial charge on any atom is 0.238 e. The molecule has 1 atom stereocenters. The molecule has 1 aromatic carbocycles. The van der Waals surface area contributed by atoms with Crippen molar-refractivity contribution in [2.45, 2.75) is 30.4 Å². The highest BCUT2D eigenvalue weighted by molar-refractivity contribution is 7.89. The van der Waals surface area contributed by atoms with Gasteiger partial charge in [-0.25, -0.2) is 13.6 Å². The molecular formula is C14H16N2O4S. The number of amides is 1. The maximum atomic E-state index is 11.9. The summed E-state index contributed by atoms with van der Waals surface area (Å²) in [5.41, 5.74) is 0.641. The van der Waals surface area contributed by atoms with E-state index in [1.807, 2.05) is 0 Å². The van der Waals surface area contributed by atoms with Crippen LogP contribution in [0.15, 0.2) is 29.2 Å². The van der Waals surface area contributed by atoms with Crippen molar-refractivity contribution in [3.8, 4) is 5.75 Å². The molecule has 7 heteroatoms. The van der Waals surface area contributed by atoms with Gasteiger partial charge in [-0.3, -0.25) is 4.79 Å². The summed E-state index contributed by atoms with van der Waals surface area (Å²) in [4.78, 5) is 13.7. The molecule has 6 nitrogen and oxygen atoms in total. The van der Waals surface area contributed by atoms with Crippen molar-refractivity contribution in [3.63, 3.8) is 0 Å². The first-order valence-electron chi connectivity index (χ1n) is 6.76. The van der Waals surface area contributed by atoms with E-state index in [-0.39, 0.29) is 10.8 Å². The molecule has 0 saturated carbocycles. The number of nitrogens with two attached hydrogens (primary N) is 1. The quantitative estimate of drug-likeness (QED) is 0.885. The minimum atomic E-state index is -3.73. The van der Waals surface area contributed by atoms with Crippen LogP contribution in [0.5, 0.6) is 5.75 Å². The summed E-state index contributed by atoms with van der Waals surface area (Å²) in [6.45, 7) is 0.679. The second-order valence-corrected chi connectivity index (χ2v) is 6.72. The summed E-state index contributed by atoms with van der Waals surface area (Å²) in [6.07, 6.45) is 5.53. The molecule has 2 N–H and O–H groups in total. The molecule has 1 fully saturated rings. The molecule has 0 bridgehead atoms. The van der Waals surface area contributed by atoms with Crippen LogP contribution in [0.4, 0.5) is 0 Å². The van der Waals surface area contributed by atoms with Crippen LogP contribution in [0.3, 0.4) is 0 Å². The molecule has 2 aliphatic heterocycles. The zero-order chi connectivity index (χ0) is 15.0. The van der Waals surface area contributed by atoms with Crippen molar-refractivity contribution in [2.24, 2.45) is 5.14 Å². The van der Waals surface area contributed by atoms with Crippen LogP contribution in [0.1, 0.15) is 24.8 Å². The van der Waals surface area contributed by atoms with Crippen molar-refractivity contribution in [3.05, 3.63) is 29.8 Å². The summed E-state index contributed by atoms with van der Waals surface area (Å²) in [6, 6.07) is 4.44. The number of hydrogen-bond donors (Lipinski definition) is 1. The fourth-order valence-electron chi connectivity index (χ4n) is 2.56. The fraction of sp³-hybridized carbons (Fsp3) is 0.357. The molecule has 0 radical (unpaired) electrons. The van der Waals surface area contributed by atoms with Gasteiger partial charge in [-0.2, -0.15) is 0 Å². The topological polar surface area (TPSA) is 89.7 Å². The largest absolute Gasteiger partial charge is 0.466 e. The molecule has 1 amide bonds. The summed E-state index contributed by atoms with van der Waals surface area (Å²) >= 11 is 0. The first-order chi connectivity index (χ1) is 9.95. The van der Waals surface area contributed by atoms with Crippen LogP contribution in [0.25, 0.3) is 6.08 Å². The van der Waals surface area contributed by atoms with Crippen molar-refractivity contribution in [1.29, 1.82) is 0 Å². The predicted molar refractivity (Wildman–Crippen MR) is 76.8 cm³/mol. The molecule has 3 rings (SSSR count). The van der Waals surface area contributed by atoms with E-state index >= 15 is 0 Å². The third kappa shape index (κ3) is 2.79. The number of nitrogens with zero attached hydrogens (tertiary/aromatic N) is 1. The molecule has 1 unspecified atom stereocenters. The second-order valence-electron chi connectivity index (χ2n) is 5.16. The van der Waals surface area contributed by atoms with Gasteiger partial charge < -0.3 is 9.64 Å². The van der Waals surface area contributed by atoms with Crippen molar-refractivity contribution in [2.75, 3.05) is 6.54 Å². The number of sulfonamides is 1. The van der Waals surface area contributed by atoms with Gasteiger partial charge in [-0.15, -0.1) is 0 Å². The van der Waals surface area contributed by atoms with Crippen LogP contribution in [0.2, 0.25) is 0 Å². The molecular weight excluding hydrogens is 292 g/mol. The Labute approximate surface area is 123 Å². The SMILES string of the molecule is NS(=O)(=O)c1ccc2c(c1)C=CC(N1CCCCC1=O)O2. The molecule has 21 heavy (non-hydrogen) atoms. The highest BCUT2D eigenvalue weighted by atomic mass is 32.2. The number of carbonyl (C=O) groups excluding carboxylic acids is 1. The van der Waals surface area contributed by atoms with Crippen LogP contribution in [-0.4, -0.2) is 32.0 Å². The molecule has 112 valence electrons. The molecule has 1 saturated heterocycles. The van der Waals surface area contributed by atoms with Crippen molar-refractivity contribution in [1.82, 2.24) is 4.90 Å². The van der Waals surface area contributed by atoms with E-state index in [9.17, 15) is 13.2 Å². The Kier molecular flexibility index (Phi) is 3.46. The highest BCUT2D eigenvalue weighted by Gasteiger charge is 2.28. The minimum absolute atomic E-state index is 0.0435. The normalized spacial score (nSPS) is 21.9. The first kappa shape index (κ1) is 14.1. The zero-order valence-electron chi connectivity index (χ0n) is 11.4. The second kappa shape index (κ2) is 5.16. The van der Waals surface area contributed by atoms with E-state index in [0.29, 0.717) is 24.3 Å². The molecule has 0 aliphatic carbocycles. The Morgan fingerprint density at radius 3 is 2.81 bits per heavy atom. The number of ether oxygens (including phenoxy) is 1. The lowest BCUT2D eigenvalue weighted by Gasteiger charge is -2.34. The van der Waals surface area contributed by atoms with Gasteiger partial charge in [0.2, 0.25) is 15.9 Å². The minimum Gasteiger partial charge on any atom is -0.466 e. The summed E-state index contributed by atoms with van der Waals surface area (Å²) in [7, 11) is -3.73. The van der Waals surface area contributed by atoms with E-state index in [1.165, 1.54) is 12.1 Å². The Bertz CT molecular complexity index is 712. The third-order valence-corrected chi connectivity index (χ3v) is 4.58. The van der Waals surface area contributed by atoms with Crippen molar-refractivity contribution < 1.29 is 17.9 Å². The lowest BCUT2D eigenvalue weighted by atomic mass is 10.1. The number of benzene rings is 1. The highest BCUT2D eigenvalue weighted by Crippen LogP contribution is 2.30. The van der Waals surface area contributed by atoms with Crippen LogP contribution >= 0.6 is 0 Å². The maximum absolute atomic E-state index is 11.9. The van der Waals surface area contributed by atoms with E-state index < -0.39 is 16.3 Å². The molecule has 2 heterocycles. The predicted octanol–water partition coefficient (Wildman–Crippen LogP) is 1.08. The van der Waals surface area contributed by atoms with E-state index in [4.69, 9.17) is 9.88 Å². The van der Waals surface area contributed by atoms with Gasteiger partial charge in [0, 0.05) is 18.5 Å².